The highest BCUT2D eigenvalue weighted by Crippen LogP contribution is 2.35. The third-order valence-electron chi connectivity index (χ3n) is 5.39. The van der Waals surface area contributed by atoms with Crippen LogP contribution < -0.4 is 5.32 Å². The molecule has 0 saturated heterocycles. The predicted molar refractivity (Wildman–Crippen MR) is 104 cm³/mol. The zero-order valence-corrected chi connectivity index (χ0v) is 16.3. The van der Waals surface area contributed by atoms with E-state index in [-0.39, 0.29) is 29.9 Å². The highest BCUT2D eigenvalue weighted by atomic mass is 16.3. The predicted octanol–water partition coefficient (Wildman–Crippen LogP) is 1.86. The van der Waals surface area contributed by atoms with Crippen LogP contribution in [-0.4, -0.2) is 43.9 Å². The summed E-state index contributed by atoms with van der Waals surface area (Å²) >= 11 is 0. The number of pyridine rings is 1. The average Bonchev–Trinajstić information content (AvgIpc) is 2.95. The quantitative estimate of drug-likeness (QED) is 0.719. The van der Waals surface area contributed by atoms with Crippen molar-refractivity contribution >= 4 is 0 Å². The normalized spacial score (nSPS) is 25.7. The summed E-state index contributed by atoms with van der Waals surface area (Å²) in [7, 11) is 0. The second-order valence-electron chi connectivity index (χ2n) is 8.49. The monoisotopic (exact) mass is 370 g/mol. The van der Waals surface area contributed by atoms with Gasteiger partial charge in [-0.2, -0.15) is 0 Å². The van der Waals surface area contributed by atoms with Gasteiger partial charge >= 0.3 is 0 Å². The van der Waals surface area contributed by atoms with E-state index in [0.29, 0.717) is 19.4 Å². The summed E-state index contributed by atoms with van der Waals surface area (Å²) in [4.78, 5) is 13.3. The lowest BCUT2D eigenvalue weighted by Gasteiger charge is -2.25. The highest BCUT2D eigenvalue weighted by Gasteiger charge is 2.42. The van der Waals surface area contributed by atoms with E-state index < -0.39 is 6.10 Å². The van der Waals surface area contributed by atoms with Gasteiger partial charge in [-0.25, -0.2) is 9.97 Å². The number of aromatic nitrogens is 3. The first-order valence-electron chi connectivity index (χ1n) is 9.62. The van der Waals surface area contributed by atoms with E-state index in [4.69, 9.17) is 4.98 Å². The molecule has 27 heavy (non-hydrogen) atoms. The zero-order chi connectivity index (χ0) is 19.4. The average molecular weight is 370 g/mol. The molecule has 1 aliphatic carbocycles. The third-order valence-corrected chi connectivity index (χ3v) is 5.39. The maximum atomic E-state index is 10.4. The molecule has 3 rings (SSSR count). The summed E-state index contributed by atoms with van der Waals surface area (Å²) in [5.41, 5.74) is 1.95. The molecule has 146 valence electrons. The Labute approximate surface area is 161 Å². The molecular formula is C21H30N4O2. The van der Waals surface area contributed by atoms with Crippen LogP contribution in [-0.2, 0) is 18.4 Å². The number of nitrogens with one attached hydrogen (secondary N) is 1. The first kappa shape index (κ1) is 19.9. The molecule has 0 spiro atoms. The molecule has 2 aromatic rings. The Kier molecular flexibility index (Phi) is 6.19. The molecule has 1 fully saturated rings. The molecule has 1 saturated carbocycles. The van der Waals surface area contributed by atoms with E-state index in [1.54, 1.807) is 12.4 Å². The third kappa shape index (κ3) is 4.89. The van der Waals surface area contributed by atoms with E-state index in [1.165, 1.54) is 0 Å². The number of hydrogen-bond donors (Lipinski definition) is 3. The summed E-state index contributed by atoms with van der Waals surface area (Å²) in [5.74, 6) is 0.785. The second-order valence-corrected chi connectivity index (χ2v) is 8.49. The molecule has 0 unspecified atom stereocenters. The van der Waals surface area contributed by atoms with Gasteiger partial charge in [-0.3, -0.25) is 4.98 Å². The lowest BCUT2D eigenvalue weighted by Crippen LogP contribution is -2.36. The van der Waals surface area contributed by atoms with Crippen molar-refractivity contribution in [1.82, 2.24) is 20.3 Å². The molecular weight excluding hydrogens is 340 g/mol. The minimum Gasteiger partial charge on any atom is -0.396 e. The molecule has 1 aliphatic rings. The minimum absolute atomic E-state index is 0.0197. The fraction of sp³-hybridized carbons (Fsp3) is 0.571. The number of aliphatic hydroxyl groups excluding tert-OH is 2. The maximum absolute atomic E-state index is 10.4. The molecule has 0 bridgehead atoms. The van der Waals surface area contributed by atoms with Crippen LogP contribution in [0.4, 0.5) is 0 Å². The first-order valence-corrected chi connectivity index (χ1v) is 9.62. The Balaban J connectivity index is 1.75. The van der Waals surface area contributed by atoms with Crippen LogP contribution in [0.1, 0.15) is 44.3 Å². The van der Waals surface area contributed by atoms with Gasteiger partial charge in [0, 0.05) is 54.8 Å². The molecule has 4 atom stereocenters. The second kappa shape index (κ2) is 8.42. The standard InChI is InChI=1S/C21H30N4O2/c1-21(2,3)20-23-8-6-15(25-20)9-16-17(13-26)19(27)10-18(16)24-12-14-5-4-7-22-11-14/h4-8,11,16-19,24,26-27H,9-10,12-13H2,1-3H3/t16-,17-,18-,19-/m1/s1. The number of aliphatic hydroxyl groups is 2. The van der Waals surface area contributed by atoms with E-state index in [0.717, 1.165) is 17.1 Å². The van der Waals surface area contributed by atoms with E-state index >= 15 is 0 Å². The fourth-order valence-electron chi connectivity index (χ4n) is 3.84. The van der Waals surface area contributed by atoms with Gasteiger partial charge in [0.1, 0.15) is 5.82 Å². The Bertz CT molecular complexity index is 732. The van der Waals surface area contributed by atoms with Gasteiger partial charge < -0.3 is 15.5 Å². The van der Waals surface area contributed by atoms with Crippen LogP contribution in [0, 0.1) is 11.8 Å². The van der Waals surface area contributed by atoms with Crippen LogP contribution in [0.5, 0.6) is 0 Å². The SMILES string of the molecule is CC(C)(C)c1nccc(C[C@@H]2[C@@H](CO)[C@H](O)C[C@H]2NCc2cccnc2)n1. The zero-order valence-electron chi connectivity index (χ0n) is 16.3. The van der Waals surface area contributed by atoms with E-state index in [2.05, 4.69) is 36.1 Å². The molecule has 3 N–H and O–H groups in total. The molecule has 6 heteroatoms. The molecule has 2 aromatic heterocycles. The van der Waals surface area contributed by atoms with Gasteiger partial charge in [-0.05, 0) is 36.5 Å². The van der Waals surface area contributed by atoms with Crippen molar-refractivity contribution in [2.45, 2.75) is 57.7 Å². The Morgan fingerprint density at radius 1 is 1.19 bits per heavy atom. The lowest BCUT2D eigenvalue weighted by atomic mass is 9.88. The van der Waals surface area contributed by atoms with Gasteiger partial charge in [0.05, 0.1) is 6.10 Å². The van der Waals surface area contributed by atoms with Crippen LogP contribution >= 0.6 is 0 Å². The minimum atomic E-state index is -0.504. The topological polar surface area (TPSA) is 91.2 Å². The van der Waals surface area contributed by atoms with Gasteiger partial charge in [-0.1, -0.05) is 26.8 Å². The van der Waals surface area contributed by atoms with Gasteiger partial charge in [0.2, 0.25) is 0 Å². The summed E-state index contributed by atoms with van der Waals surface area (Å²) < 4.78 is 0. The van der Waals surface area contributed by atoms with Crippen molar-refractivity contribution in [3.05, 3.63) is 53.9 Å². The van der Waals surface area contributed by atoms with Gasteiger partial charge in [0.25, 0.3) is 0 Å². The Morgan fingerprint density at radius 2 is 2.00 bits per heavy atom. The summed E-state index contributed by atoms with van der Waals surface area (Å²) in [6, 6.07) is 6.00. The van der Waals surface area contributed by atoms with Crippen molar-refractivity contribution in [2.75, 3.05) is 6.61 Å². The van der Waals surface area contributed by atoms with Crippen molar-refractivity contribution in [2.24, 2.45) is 11.8 Å². The molecule has 0 aliphatic heterocycles. The van der Waals surface area contributed by atoms with Crippen LogP contribution in [0.2, 0.25) is 0 Å². The van der Waals surface area contributed by atoms with Crippen LogP contribution in [0.15, 0.2) is 36.8 Å². The highest BCUT2D eigenvalue weighted by molar-refractivity contribution is 5.12. The number of hydrogen-bond acceptors (Lipinski definition) is 6. The lowest BCUT2D eigenvalue weighted by molar-refractivity contribution is 0.0715. The van der Waals surface area contributed by atoms with Crippen LogP contribution in [0.3, 0.4) is 0 Å². The van der Waals surface area contributed by atoms with Crippen molar-refractivity contribution < 1.29 is 10.2 Å². The maximum Gasteiger partial charge on any atom is 0.133 e. The molecule has 0 radical (unpaired) electrons. The van der Waals surface area contributed by atoms with Crippen molar-refractivity contribution in [3.63, 3.8) is 0 Å². The largest absolute Gasteiger partial charge is 0.396 e. The van der Waals surface area contributed by atoms with E-state index in [1.807, 2.05) is 24.4 Å². The van der Waals surface area contributed by atoms with Gasteiger partial charge in [-0.15, -0.1) is 0 Å². The molecule has 6 nitrogen and oxygen atoms in total. The van der Waals surface area contributed by atoms with E-state index in [9.17, 15) is 10.2 Å². The Hall–Kier alpha value is -1.89. The summed E-state index contributed by atoms with van der Waals surface area (Å²) in [6.45, 7) is 6.96. The van der Waals surface area contributed by atoms with Crippen molar-refractivity contribution in [1.29, 1.82) is 0 Å². The molecule has 2 heterocycles. The van der Waals surface area contributed by atoms with Crippen LogP contribution in [0.25, 0.3) is 0 Å². The number of rotatable bonds is 6. The molecule has 0 aromatic carbocycles. The smallest absolute Gasteiger partial charge is 0.133 e. The van der Waals surface area contributed by atoms with Crippen molar-refractivity contribution in [3.8, 4) is 0 Å². The van der Waals surface area contributed by atoms with Gasteiger partial charge in [0.15, 0.2) is 0 Å². The first-order chi connectivity index (χ1) is 12.9. The summed E-state index contributed by atoms with van der Waals surface area (Å²) in [6.07, 6.45) is 6.24. The Morgan fingerprint density at radius 3 is 2.67 bits per heavy atom. The fourth-order valence-corrected chi connectivity index (χ4v) is 3.84. The number of nitrogens with zero attached hydrogens (tertiary/aromatic N) is 3. The molecule has 0 amide bonds. The summed E-state index contributed by atoms with van der Waals surface area (Å²) in [5, 5.41) is 23.8.